The Bertz CT molecular complexity index is 400. The van der Waals surface area contributed by atoms with Crippen LogP contribution in [0.1, 0.15) is 65.7 Å². The molecule has 0 radical (unpaired) electrons. The second-order valence-corrected chi connectivity index (χ2v) is 8.32. The predicted molar refractivity (Wildman–Crippen MR) is 83.9 cm³/mol. The van der Waals surface area contributed by atoms with Crippen LogP contribution in [-0.4, -0.2) is 25.2 Å². The van der Waals surface area contributed by atoms with Crippen LogP contribution in [-0.2, 0) is 9.53 Å². The summed E-state index contributed by atoms with van der Waals surface area (Å²) in [4.78, 5) is 12.2. The van der Waals surface area contributed by atoms with E-state index < -0.39 is 0 Å². The number of hydrogen-bond acceptors (Lipinski definition) is 3. The first kappa shape index (κ1) is 15.3. The Kier molecular flexibility index (Phi) is 4.06. The summed E-state index contributed by atoms with van der Waals surface area (Å²) >= 11 is 0. The zero-order valence-electron chi connectivity index (χ0n) is 13.9. The van der Waals surface area contributed by atoms with Gasteiger partial charge < -0.3 is 10.1 Å². The standard InChI is InChI=1S/C18H31NO2/c1-17(2)14-6-9-18(17,3)15(12-14)21-16(20)5-4-13-7-10-19-11-8-13/h13-15,19H,4-12H2,1-3H3. The summed E-state index contributed by atoms with van der Waals surface area (Å²) in [7, 11) is 0. The van der Waals surface area contributed by atoms with Gasteiger partial charge in [-0.05, 0) is 68.9 Å². The fourth-order valence-corrected chi connectivity index (χ4v) is 5.02. The first-order valence-electron chi connectivity index (χ1n) is 8.84. The highest BCUT2D eigenvalue weighted by molar-refractivity contribution is 5.69. The van der Waals surface area contributed by atoms with Crippen LogP contribution >= 0.6 is 0 Å². The summed E-state index contributed by atoms with van der Waals surface area (Å²) in [6.45, 7) is 9.29. The quantitative estimate of drug-likeness (QED) is 0.806. The minimum Gasteiger partial charge on any atom is -0.462 e. The van der Waals surface area contributed by atoms with Crippen molar-refractivity contribution in [3.63, 3.8) is 0 Å². The first-order valence-corrected chi connectivity index (χ1v) is 8.84. The number of esters is 1. The minimum atomic E-state index is 0.0445. The zero-order chi connectivity index (χ0) is 15.1. The van der Waals surface area contributed by atoms with Crippen molar-refractivity contribution in [2.75, 3.05) is 13.1 Å². The normalized spacial score (nSPS) is 38.6. The SMILES string of the molecule is CC1(C)C2CCC1(C)C(OC(=O)CCC1CCNCC1)C2. The molecule has 1 N–H and O–H groups in total. The van der Waals surface area contributed by atoms with E-state index in [1.54, 1.807) is 0 Å². The second-order valence-electron chi connectivity index (χ2n) is 8.32. The van der Waals surface area contributed by atoms with Gasteiger partial charge in [0.1, 0.15) is 6.10 Å². The number of hydrogen-bond donors (Lipinski definition) is 1. The Balaban J connectivity index is 1.49. The average Bonchev–Trinajstić information content (AvgIpc) is 2.79. The van der Waals surface area contributed by atoms with Gasteiger partial charge in [-0.2, -0.15) is 0 Å². The Labute approximate surface area is 129 Å². The maximum atomic E-state index is 12.2. The molecule has 3 rings (SSSR count). The lowest BCUT2D eigenvalue weighted by Crippen LogP contribution is -2.38. The summed E-state index contributed by atoms with van der Waals surface area (Å²) in [5.74, 6) is 1.50. The summed E-state index contributed by atoms with van der Waals surface area (Å²) in [6.07, 6.45) is 7.82. The Morgan fingerprint density at radius 2 is 1.90 bits per heavy atom. The summed E-state index contributed by atoms with van der Waals surface area (Å²) in [5.41, 5.74) is 0.523. The number of piperidine rings is 1. The van der Waals surface area contributed by atoms with Crippen LogP contribution in [0.5, 0.6) is 0 Å². The largest absolute Gasteiger partial charge is 0.462 e. The molecule has 2 bridgehead atoms. The molecule has 21 heavy (non-hydrogen) atoms. The molecule has 3 atom stereocenters. The molecule has 1 aliphatic heterocycles. The molecule has 3 heteroatoms. The number of fused-ring (bicyclic) bond motifs is 2. The molecule has 0 spiro atoms. The average molecular weight is 293 g/mol. The van der Waals surface area contributed by atoms with Gasteiger partial charge in [0.15, 0.2) is 0 Å². The fraction of sp³-hybridized carbons (Fsp3) is 0.944. The van der Waals surface area contributed by atoms with Crippen LogP contribution in [0, 0.1) is 22.7 Å². The van der Waals surface area contributed by atoms with E-state index in [0.29, 0.717) is 17.8 Å². The van der Waals surface area contributed by atoms with Gasteiger partial charge >= 0.3 is 5.97 Å². The highest BCUT2D eigenvalue weighted by Gasteiger charge is 2.62. The highest BCUT2D eigenvalue weighted by Crippen LogP contribution is 2.66. The molecule has 3 aliphatic rings. The van der Waals surface area contributed by atoms with Gasteiger partial charge in [-0.1, -0.05) is 20.8 Å². The van der Waals surface area contributed by atoms with Crippen LogP contribution < -0.4 is 5.32 Å². The van der Waals surface area contributed by atoms with Crippen molar-refractivity contribution in [2.24, 2.45) is 22.7 Å². The van der Waals surface area contributed by atoms with Gasteiger partial charge in [0.2, 0.25) is 0 Å². The third-order valence-corrected chi connectivity index (χ3v) is 7.20. The van der Waals surface area contributed by atoms with Crippen LogP contribution in [0.2, 0.25) is 0 Å². The third kappa shape index (κ3) is 2.62. The van der Waals surface area contributed by atoms with Gasteiger partial charge in [0, 0.05) is 11.8 Å². The van der Waals surface area contributed by atoms with E-state index in [0.717, 1.165) is 31.8 Å². The van der Waals surface area contributed by atoms with Crippen molar-refractivity contribution in [3.8, 4) is 0 Å². The van der Waals surface area contributed by atoms with Crippen molar-refractivity contribution < 1.29 is 9.53 Å². The molecule has 0 aromatic heterocycles. The number of ether oxygens (including phenoxy) is 1. The second kappa shape index (κ2) is 5.57. The predicted octanol–water partition coefficient (Wildman–Crippen LogP) is 3.52. The molecular formula is C18H31NO2. The van der Waals surface area contributed by atoms with Gasteiger partial charge in [-0.3, -0.25) is 4.79 Å². The maximum absolute atomic E-state index is 12.2. The molecular weight excluding hydrogens is 262 g/mol. The highest BCUT2D eigenvalue weighted by atomic mass is 16.5. The van der Waals surface area contributed by atoms with E-state index >= 15 is 0 Å². The van der Waals surface area contributed by atoms with Crippen LogP contribution in [0.4, 0.5) is 0 Å². The zero-order valence-corrected chi connectivity index (χ0v) is 13.9. The van der Waals surface area contributed by atoms with Crippen molar-refractivity contribution in [1.29, 1.82) is 0 Å². The van der Waals surface area contributed by atoms with Crippen LogP contribution in [0.15, 0.2) is 0 Å². The van der Waals surface area contributed by atoms with Crippen LogP contribution in [0.25, 0.3) is 0 Å². The van der Waals surface area contributed by atoms with E-state index in [4.69, 9.17) is 4.74 Å². The number of rotatable bonds is 4. The monoisotopic (exact) mass is 293 g/mol. The summed E-state index contributed by atoms with van der Waals surface area (Å²) in [5, 5.41) is 3.38. The molecule has 3 nitrogen and oxygen atoms in total. The van der Waals surface area contributed by atoms with Gasteiger partial charge in [-0.15, -0.1) is 0 Å². The Morgan fingerprint density at radius 1 is 1.19 bits per heavy atom. The Morgan fingerprint density at radius 3 is 2.48 bits per heavy atom. The third-order valence-electron chi connectivity index (χ3n) is 7.20. The lowest BCUT2D eigenvalue weighted by atomic mass is 9.70. The van der Waals surface area contributed by atoms with E-state index in [1.807, 2.05) is 0 Å². The van der Waals surface area contributed by atoms with E-state index in [1.165, 1.54) is 25.7 Å². The summed E-state index contributed by atoms with van der Waals surface area (Å²) < 4.78 is 5.92. The van der Waals surface area contributed by atoms with Crippen molar-refractivity contribution in [2.45, 2.75) is 71.8 Å². The maximum Gasteiger partial charge on any atom is 0.306 e. The topological polar surface area (TPSA) is 38.3 Å². The van der Waals surface area contributed by atoms with Crippen molar-refractivity contribution in [1.82, 2.24) is 5.32 Å². The van der Waals surface area contributed by atoms with Crippen LogP contribution in [0.3, 0.4) is 0 Å². The molecule has 2 aliphatic carbocycles. The first-order chi connectivity index (χ1) is 9.93. The van der Waals surface area contributed by atoms with E-state index in [2.05, 4.69) is 26.1 Å². The van der Waals surface area contributed by atoms with Crippen molar-refractivity contribution >= 4 is 5.97 Å². The summed E-state index contributed by atoms with van der Waals surface area (Å²) in [6, 6.07) is 0. The van der Waals surface area contributed by atoms with Gasteiger partial charge in [-0.25, -0.2) is 0 Å². The molecule has 0 aromatic rings. The fourth-order valence-electron chi connectivity index (χ4n) is 5.02. The molecule has 2 saturated carbocycles. The lowest BCUT2D eigenvalue weighted by Gasteiger charge is -2.38. The van der Waals surface area contributed by atoms with E-state index in [9.17, 15) is 4.79 Å². The number of nitrogens with one attached hydrogen (secondary N) is 1. The smallest absolute Gasteiger partial charge is 0.306 e. The molecule has 1 saturated heterocycles. The number of carbonyl (C=O) groups excluding carboxylic acids is 1. The molecule has 3 fully saturated rings. The van der Waals surface area contributed by atoms with Gasteiger partial charge in [0.05, 0.1) is 0 Å². The molecule has 120 valence electrons. The number of carbonyl (C=O) groups is 1. The minimum absolute atomic E-state index is 0.0445. The van der Waals surface area contributed by atoms with Gasteiger partial charge in [0.25, 0.3) is 0 Å². The molecule has 1 heterocycles. The molecule has 0 amide bonds. The molecule has 3 unspecified atom stereocenters. The van der Waals surface area contributed by atoms with Crippen molar-refractivity contribution in [3.05, 3.63) is 0 Å². The van der Waals surface area contributed by atoms with E-state index in [-0.39, 0.29) is 17.5 Å². The lowest BCUT2D eigenvalue weighted by molar-refractivity contribution is -0.157. The molecule has 0 aromatic carbocycles. The Hall–Kier alpha value is -0.570.